The van der Waals surface area contributed by atoms with E-state index in [1.165, 1.54) is 0 Å². The average Bonchev–Trinajstić information content (AvgIpc) is 2.01. The second kappa shape index (κ2) is 4.48. The molecule has 1 rings (SSSR count). The highest BCUT2D eigenvalue weighted by Crippen LogP contribution is 2.29. The molecule has 0 spiro atoms. The van der Waals surface area contributed by atoms with E-state index in [0.717, 1.165) is 3.57 Å². The molecule has 78 valence electrons. The Morgan fingerprint density at radius 3 is 2.36 bits per heavy atom. The summed E-state index contributed by atoms with van der Waals surface area (Å²) >= 11 is 1.98. The van der Waals surface area contributed by atoms with Gasteiger partial charge in [-0.3, -0.25) is 0 Å². The standard InChI is InChI=1S/C9H9F3IN/c10-9(11,12)5-8(14)6-3-1-2-4-7(6)13/h1-4,8H,5,14H2/t8-/m0/s1. The molecule has 0 bridgehead atoms. The summed E-state index contributed by atoms with van der Waals surface area (Å²) < 4.78 is 36.9. The maximum atomic E-state index is 12.0. The van der Waals surface area contributed by atoms with E-state index >= 15 is 0 Å². The van der Waals surface area contributed by atoms with Gasteiger partial charge in [-0.05, 0) is 34.2 Å². The lowest BCUT2D eigenvalue weighted by Gasteiger charge is -2.15. The third kappa shape index (κ3) is 3.45. The molecule has 0 radical (unpaired) electrons. The van der Waals surface area contributed by atoms with Gasteiger partial charge in [-0.15, -0.1) is 0 Å². The molecular weight excluding hydrogens is 306 g/mol. The Labute approximate surface area is 93.6 Å². The number of benzene rings is 1. The van der Waals surface area contributed by atoms with Crippen molar-refractivity contribution in [2.75, 3.05) is 0 Å². The minimum atomic E-state index is -4.21. The van der Waals surface area contributed by atoms with Gasteiger partial charge in [-0.2, -0.15) is 13.2 Å². The van der Waals surface area contributed by atoms with Gasteiger partial charge in [0.25, 0.3) is 0 Å². The topological polar surface area (TPSA) is 26.0 Å². The van der Waals surface area contributed by atoms with Crippen LogP contribution < -0.4 is 5.73 Å². The van der Waals surface area contributed by atoms with Gasteiger partial charge in [0.1, 0.15) is 0 Å². The number of hydrogen-bond donors (Lipinski definition) is 1. The van der Waals surface area contributed by atoms with E-state index in [9.17, 15) is 13.2 Å². The molecule has 0 heterocycles. The smallest absolute Gasteiger partial charge is 0.324 e. The first kappa shape index (κ1) is 11.8. The lowest BCUT2D eigenvalue weighted by atomic mass is 10.1. The Morgan fingerprint density at radius 2 is 1.86 bits per heavy atom. The zero-order chi connectivity index (χ0) is 10.8. The highest BCUT2D eigenvalue weighted by molar-refractivity contribution is 14.1. The van der Waals surface area contributed by atoms with Gasteiger partial charge in [0.2, 0.25) is 0 Å². The van der Waals surface area contributed by atoms with Crippen molar-refractivity contribution in [3.8, 4) is 0 Å². The van der Waals surface area contributed by atoms with Crippen molar-refractivity contribution in [3.63, 3.8) is 0 Å². The molecule has 2 N–H and O–H groups in total. The zero-order valence-electron chi connectivity index (χ0n) is 7.18. The molecule has 1 nitrogen and oxygen atoms in total. The van der Waals surface area contributed by atoms with Crippen LogP contribution in [0.15, 0.2) is 24.3 Å². The number of rotatable bonds is 2. The van der Waals surface area contributed by atoms with Gasteiger partial charge >= 0.3 is 6.18 Å². The van der Waals surface area contributed by atoms with E-state index in [4.69, 9.17) is 5.73 Å². The largest absolute Gasteiger partial charge is 0.390 e. The number of alkyl halides is 3. The van der Waals surface area contributed by atoms with E-state index < -0.39 is 18.6 Å². The lowest BCUT2D eigenvalue weighted by molar-refractivity contribution is -0.138. The van der Waals surface area contributed by atoms with Crippen LogP contribution >= 0.6 is 22.6 Å². The highest BCUT2D eigenvalue weighted by Gasteiger charge is 2.31. The van der Waals surface area contributed by atoms with Gasteiger partial charge in [0.15, 0.2) is 0 Å². The maximum absolute atomic E-state index is 12.0. The summed E-state index contributed by atoms with van der Waals surface area (Å²) in [6.45, 7) is 0. The fourth-order valence-corrected chi connectivity index (χ4v) is 1.92. The molecule has 5 heteroatoms. The Morgan fingerprint density at radius 1 is 1.29 bits per heavy atom. The fourth-order valence-electron chi connectivity index (χ4n) is 1.14. The summed E-state index contributed by atoms with van der Waals surface area (Å²) in [6.07, 6.45) is -5.19. The lowest BCUT2D eigenvalue weighted by Crippen LogP contribution is -2.20. The molecule has 0 aromatic heterocycles. The molecule has 1 atom stereocenters. The van der Waals surface area contributed by atoms with E-state index in [2.05, 4.69) is 0 Å². The third-order valence-corrected chi connectivity index (χ3v) is 2.74. The zero-order valence-corrected chi connectivity index (χ0v) is 9.34. The quantitative estimate of drug-likeness (QED) is 0.833. The first-order valence-corrected chi connectivity index (χ1v) is 5.05. The number of nitrogens with two attached hydrogens (primary N) is 1. The highest BCUT2D eigenvalue weighted by atomic mass is 127. The Hall–Kier alpha value is -0.300. The van der Waals surface area contributed by atoms with Crippen molar-refractivity contribution in [2.45, 2.75) is 18.6 Å². The van der Waals surface area contributed by atoms with Gasteiger partial charge in [0, 0.05) is 9.61 Å². The van der Waals surface area contributed by atoms with Crippen LogP contribution in [0.3, 0.4) is 0 Å². The maximum Gasteiger partial charge on any atom is 0.390 e. The van der Waals surface area contributed by atoms with Crippen molar-refractivity contribution in [3.05, 3.63) is 33.4 Å². The van der Waals surface area contributed by atoms with Crippen LogP contribution in [0.4, 0.5) is 13.2 Å². The Bertz CT molecular complexity index is 311. The third-order valence-electron chi connectivity index (χ3n) is 1.76. The summed E-state index contributed by atoms with van der Waals surface area (Å²) in [5.74, 6) is 0. The van der Waals surface area contributed by atoms with Crippen molar-refractivity contribution < 1.29 is 13.2 Å². The van der Waals surface area contributed by atoms with Crippen molar-refractivity contribution in [1.82, 2.24) is 0 Å². The summed E-state index contributed by atoms with van der Waals surface area (Å²) in [5.41, 5.74) is 6.00. The van der Waals surface area contributed by atoms with Crippen LogP contribution in [0.5, 0.6) is 0 Å². The van der Waals surface area contributed by atoms with Gasteiger partial charge in [-0.25, -0.2) is 0 Å². The molecule has 0 aliphatic rings. The molecule has 14 heavy (non-hydrogen) atoms. The molecule has 0 unspecified atom stereocenters. The predicted octanol–water partition coefficient (Wildman–Crippen LogP) is 3.24. The monoisotopic (exact) mass is 315 g/mol. The predicted molar refractivity (Wildman–Crippen MR) is 56.8 cm³/mol. The molecule has 1 aromatic rings. The second-order valence-corrected chi connectivity index (χ2v) is 4.11. The van der Waals surface area contributed by atoms with Crippen LogP contribution in [0.1, 0.15) is 18.0 Å². The molecule has 0 amide bonds. The minimum absolute atomic E-state index is 0.547. The molecule has 0 saturated carbocycles. The van der Waals surface area contributed by atoms with Gasteiger partial charge < -0.3 is 5.73 Å². The summed E-state index contributed by atoms with van der Waals surface area (Å²) in [6, 6.07) is 5.85. The first-order valence-electron chi connectivity index (χ1n) is 3.97. The van der Waals surface area contributed by atoms with Crippen LogP contribution in [-0.4, -0.2) is 6.18 Å². The van der Waals surface area contributed by atoms with Crippen LogP contribution in [-0.2, 0) is 0 Å². The van der Waals surface area contributed by atoms with E-state index in [1.807, 2.05) is 22.6 Å². The van der Waals surface area contributed by atoms with Gasteiger partial charge in [0.05, 0.1) is 6.42 Å². The molecule has 0 fully saturated rings. The van der Waals surface area contributed by atoms with E-state index in [0.29, 0.717) is 5.56 Å². The number of hydrogen-bond acceptors (Lipinski definition) is 1. The van der Waals surface area contributed by atoms with Crippen molar-refractivity contribution >= 4 is 22.6 Å². The normalized spacial score (nSPS) is 14.1. The summed E-state index contributed by atoms with van der Waals surface area (Å²) in [7, 11) is 0. The van der Waals surface area contributed by atoms with Crippen LogP contribution in [0, 0.1) is 3.57 Å². The van der Waals surface area contributed by atoms with Gasteiger partial charge in [-0.1, -0.05) is 18.2 Å². The average molecular weight is 315 g/mol. The first-order chi connectivity index (χ1) is 6.40. The van der Waals surface area contributed by atoms with E-state index in [-0.39, 0.29) is 0 Å². The Balaban J connectivity index is 2.80. The molecule has 1 aromatic carbocycles. The molecule has 0 saturated heterocycles. The SMILES string of the molecule is N[C@@H](CC(F)(F)F)c1ccccc1I. The summed E-state index contributed by atoms with van der Waals surface area (Å²) in [4.78, 5) is 0. The van der Waals surface area contributed by atoms with Crippen LogP contribution in [0.25, 0.3) is 0 Å². The van der Waals surface area contributed by atoms with Crippen molar-refractivity contribution in [1.29, 1.82) is 0 Å². The summed E-state index contributed by atoms with van der Waals surface area (Å²) in [5, 5.41) is 0. The molecular formula is C9H9F3IN. The Kier molecular flexibility index (Phi) is 3.77. The fraction of sp³-hybridized carbons (Fsp3) is 0.333. The van der Waals surface area contributed by atoms with Crippen molar-refractivity contribution in [2.24, 2.45) is 5.73 Å². The van der Waals surface area contributed by atoms with Crippen LogP contribution in [0.2, 0.25) is 0 Å². The minimum Gasteiger partial charge on any atom is -0.324 e. The molecule has 0 aliphatic carbocycles. The number of halogens is 4. The van der Waals surface area contributed by atoms with E-state index in [1.54, 1.807) is 24.3 Å². The second-order valence-electron chi connectivity index (χ2n) is 2.95. The molecule has 0 aliphatic heterocycles.